The summed E-state index contributed by atoms with van der Waals surface area (Å²) in [5.41, 5.74) is 3.57. The summed E-state index contributed by atoms with van der Waals surface area (Å²) in [4.78, 5) is 12.7. The Kier molecular flexibility index (Phi) is 3.79. The molecule has 24 heavy (non-hydrogen) atoms. The first-order valence-corrected chi connectivity index (χ1v) is 8.83. The SMILES string of the molecule is CCc1ccc(-c2c(C(=O)NC3CC3)nn3c2OC(C)CC3)cc1. The highest BCUT2D eigenvalue weighted by Gasteiger charge is 2.31. The van der Waals surface area contributed by atoms with Crippen LogP contribution in [-0.2, 0) is 13.0 Å². The van der Waals surface area contributed by atoms with Crippen LogP contribution in [0.1, 0.15) is 49.2 Å². The molecule has 2 aromatic rings. The molecule has 4 rings (SSSR count). The van der Waals surface area contributed by atoms with Crippen molar-refractivity contribution in [2.75, 3.05) is 0 Å². The molecule has 1 atom stereocenters. The Bertz CT molecular complexity index is 760. The maximum absolute atomic E-state index is 12.7. The van der Waals surface area contributed by atoms with Crippen LogP contribution in [0.4, 0.5) is 0 Å². The van der Waals surface area contributed by atoms with Crippen molar-refractivity contribution in [3.63, 3.8) is 0 Å². The molecule has 2 aliphatic rings. The van der Waals surface area contributed by atoms with E-state index in [0.717, 1.165) is 49.2 Å². The van der Waals surface area contributed by atoms with Crippen LogP contribution in [0.25, 0.3) is 11.1 Å². The smallest absolute Gasteiger partial charge is 0.272 e. The van der Waals surface area contributed by atoms with E-state index in [2.05, 4.69) is 48.5 Å². The number of nitrogens with one attached hydrogen (secondary N) is 1. The lowest BCUT2D eigenvalue weighted by Gasteiger charge is -2.22. The number of hydrogen-bond acceptors (Lipinski definition) is 3. The maximum Gasteiger partial charge on any atom is 0.272 e. The predicted octanol–water partition coefficient (Wildman–Crippen LogP) is 3.18. The minimum Gasteiger partial charge on any atom is -0.474 e. The highest BCUT2D eigenvalue weighted by Crippen LogP contribution is 2.37. The number of hydrogen-bond donors (Lipinski definition) is 1. The van der Waals surface area contributed by atoms with E-state index < -0.39 is 0 Å². The van der Waals surface area contributed by atoms with E-state index in [4.69, 9.17) is 4.74 Å². The Morgan fingerprint density at radius 1 is 1.29 bits per heavy atom. The van der Waals surface area contributed by atoms with Crippen LogP contribution in [0.5, 0.6) is 5.88 Å². The maximum atomic E-state index is 12.7. The van der Waals surface area contributed by atoms with E-state index in [-0.39, 0.29) is 12.0 Å². The van der Waals surface area contributed by atoms with Crippen LogP contribution in [0, 0.1) is 0 Å². The summed E-state index contributed by atoms with van der Waals surface area (Å²) >= 11 is 0. The molecular formula is C19H23N3O2. The van der Waals surface area contributed by atoms with Crippen LogP contribution in [0.3, 0.4) is 0 Å². The van der Waals surface area contributed by atoms with Crippen molar-refractivity contribution in [1.29, 1.82) is 0 Å². The average molecular weight is 325 g/mol. The quantitative estimate of drug-likeness (QED) is 0.939. The molecule has 1 aromatic carbocycles. The molecule has 0 saturated heterocycles. The molecule has 2 heterocycles. The fraction of sp³-hybridized carbons (Fsp3) is 0.474. The minimum absolute atomic E-state index is 0.0924. The summed E-state index contributed by atoms with van der Waals surface area (Å²) in [5, 5.41) is 7.62. The number of fused-ring (bicyclic) bond motifs is 1. The molecular weight excluding hydrogens is 302 g/mol. The average Bonchev–Trinajstić information content (AvgIpc) is 3.32. The van der Waals surface area contributed by atoms with Gasteiger partial charge < -0.3 is 10.1 Å². The third-order valence-electron chi connectivity index (χ3n) is 4.74. The lowest BCUT2D eigenvalue weighted by molar-refractivity contribution is 0.0945. The fourth-order valence-electron chi connectivity index (χ4n) is 3.08. The summed E-state index contributed by atoms with van der Waals surface area (Å²) in [6.07, 6.45) is 4.17. The van der Waals surface area contributed by atoms with Crippen molar-refractivity contribution in [2.45, 2.75) is 58.2 Å². The van der Waals surface area contributed by atoms with Gasteiger partial charge in [-0.25, -0.2) is 4.68 Å². The Hall–Kier alpha value is -2.30. The van der Waals surface area contributed by atoms with E-state index in [0.29, 0.717) is 11.7 Å². The highest BCUT2D eigenvalue weighted by molar-refractivity contribution is 6.00. The summed E-state index contributed by atoms with van der Waals surface area (Å²) < 4.78 is 7.88. The molecule has 1 fully saturated rings. The monoisotopic (exact) mass is 325 g/mol. The zero-order chi connectivity index (χ0) is 16.7. The van der Waals surface area contributed by atoms with Crippen molar-refractivity contribution >= 4 is 5.91 Å². The number of amides is 1. The van der Waals surface area contributed by atoms with Gasteiger partial charge in [-0.1, -0.05) is 31.2 Å². The van der Waals surface area contributed by atoms with Gasteiger partial charge in [-0.3, -0.25) is 4.79 Å². The molecule has 1 saturated carbocycles. The predicted molar refractivity (Wildman–Crippen MR) is 92.2 cm³/mol. The van der Waals surface area contributed by atoms with Crippen molar-refractivity contribution in [3.05, 3.63) is 35.5 Å². The number of carbonyl (C=O) groups excluding carboxylic acids is 1. The zero-order valence-corrected chi connectivity index (χ0v) is 14.2. The van der Waals surface area contributed by atoms with Gasteiger partial charge in [0.15, 0.2) is 5.69 Å². The highest BCUT2D eigenvalue weighted by atomic mass is 16.5. The number of aromatic nitrogens is 2. The van der Waals surface area contributed by atoms with Crippen LogP contribution < -0.4 is 10.1 Å². The van der Waals surface area contributed by atoms with Crippen molar-refractivity contribution in [2.24, 2.45) is 0 Å². The van der Waals surface area contributed by atoms with Crippen molar-refractivity contribution < 1.29 is 9.53 Å². The number of rotatable bonds is 4. The first-order valence-electron chi connectivity index (χ1n) is 8.83. The molecule has 1 amide bonds. The van der Waals surface area contributed by atoms with Crippen LogP contribution in [-0.4, -0.2) is 27.8 Å². The lowest BCUT2D eigenvalue weighted by Crippen LogP contribution is -2.26. The van der Waals surface area contributed by atoms with E-state index in [1.54, 1.807) is 0 Å². The topological polar surface area (TPSA) is 56.2 Å². The molecule has 5 nitrogen and oxygen atoms in total. The van der Waals surface area contributed by atoms with Gasteiger partial charge in [-0.2, -0.15) is 5.10 Å². The Morgan fingerprint density at radius 3 is 2.71 bits per heavy atom. The lowest BCUT2D eigenvalue weighted by atomic mass is 10.0. The number of carbonyl (C=O) groups is 1. The third kappa shape index (κ3) is 2.79. The minimum atomic E-state index is -0.0924. The van der Waals surface area contributed by atoms with E-state index in [9.17, 15) is 4.79 Å². The van der Waals surface area contributed by atoms with Crippen molar-refractivity contribution in [3.8, 4) is 17.0 Å². The molecule has 1 N–H and O–H groups in total. The second-order valence-corrected chi connectivity index (χ2v) is 6.77. The number of ether oxygens (including phenoxy) is 1. The number of benzene rings is 1. The van der Waals surface area contributed by atoms with E-state index >= 15 is 0 Å². The molecule has 1 aliphatic heterocycles. The van der Waals surface area contributed by atoms with Gasteiger partial charge in [-0.05, 0) is 37.3 Å². The van der Waals surface area contributed by atoms with E-state index in [1.807, 2.05) is 4.68 Å². The zero-order valence-electron chi connectivity index (χ0n) is 14.2. The van der Waals surface area contributed by atoms with Gasteiger partial charge in [0, 0.05) is 19.0 Å². The first-order chi connectivity index (χ1) is 11.7. The Labute approximate surface area is 142 Å². The Balaban J connectivity index is 1.78. The molecule has 0 bridgehead atoms. The van der Waals surface area contributed by atoms with Gasteiger partial charge in [0.1, 0.15) is 0 Å². The standard InChI is InChI=1S/C19H23N3O2/c1-3-13-4-6-14(7-5-13)16-17(18(23)20-15-8-9-15)21-22-11-10-12(2)24-19(16)22/h4-7,12,15H,3,8-11H2,1-2H3,(H,20,23). The van der Waals surface area contributed by atoms with Gasteiger partial charge in [-0.15, -0.1) is 0 Å². The van der Waals surface area contributed by atoms with Crippen molar-refractivity contribution in [1.82, 2.24) is 15.1 Å². The number of aryl methyl sites for hydroxylation is 2. The summed E-state index contributed by atoms with van der Waals surface area (Å²) in [6.45, 7) is 4.98. The molecule has 1 unspecified atom stereocenters. The summed E-state index contributed by atoms with van der Waals surface area (Å²) in [6, 6.07) is 8.65. The third-order valence-corrected chi connectivity index (χ3v) is 4.74. The fourth-order valence-corrected chi connectivity index (χ4v) is 3.08. The normalized spacial score (nSPS) is 19.5. The second-order valence-electron chi connectivity index (χ2n) is 6.77. The molecule has 5 heteroatoms. The Morgan fingerprint density at radius 2 is 2.04 bits per heavy atom. The molecule has 0 radical (unpaired) electrons. The largest absolute Gasteiger partial charge is 0.474 e. The van der Waals surface area contributed by atoms with Gasteiger partial charge >= 0.3 is 0 Å². The van der Waals surface area contributed by atoms with Crippen LogP contribution in [0.2, 0.25) is 0 Å². The van der Waals surface area contributed by atoms with Gasteiger partial charge in [0.05, 0.1) is 11.7 Å². The molecule has 1 aromatic heterocycles. The number of nitrogens with zero attached hydrogens (tertiary/aromatic N) is 2. The first kappa shape index (κ1) is 15.2. The molecule has 0 spiro atoms. The second kappa shape index (κ2) is 5.96. The summed E-state index contributed by atoms with van der Waals surface area (Å²) in [5.74, 6) is 0.629. The van der Waals surface area contributed by atoms with Crippen LogP contribution in [0.15, 0.2) is 24.3 Å². The molecule has 1 aliphatic carbocycles. The van der Waals surface area contributed by atoms with Gasteiger partial charge in [0.25, 0.3) is 5.91 Å². The van der Waals surface area contributed by atoms with E-state index in [1.165, 1.54) is 5.56 Å². The van der Waals surface area contributed by atoms with Gasteiger partial charge in [0.2, 0.25) is 5.88 Å². The summed E-state index contributed by atoms with van der Waals surface area (Å²) in [7, 11) is 0. The van der Waals surface area contributed by atoms with Crippen LogP contribution >= 0.6 is 0 Å². The molecule has 126 valence electrons.